The lowest BCUT2D eigenvalue weighted by molar-refractivity contribution is 0.0821. The Hall–Kier alpha value is -3.66. The van der Waals surface area contributed by atoms with E-state index in [0.29, 0.717) is 46.5 Å². The topological polar surface area (TPSA) is 97.0 Å². The van der Waals surface area contributed by atoms with E-state index in [0.717, 1.165) is 0 Å². The van der Waals surface area contributed by atoms with Gasteiger partial charge in [0.05, 0.1) is 11.3 Å². The van der Waals surface area contributed by atoms with Gasteiger partial charge in [0.15, 0.2) is 28.6 Å². The Bertz CT molecular complexity index is 1320. The average Bonchev–Trinajstić information content (AvgIpc) is 3.21. The van der Waals surface area contributed by atoms with Crippen LogP contribution >= 0.6 is 11.8 Å². The van der Waals surface area contributed by atoms with Crippen LogP contribution in [0.4, 0.5) is 0 Å². The third kappa shape index (κ3) is 3.66. The molecule has 3 heterocycles. The van der Waals surface area contributed by atoms with Crippen molar-refractivity contribution in [3.8, 4) is 11.5 Å². The van der Waals surface area contributed by atoms with E-state index in [2.05, 4.69) is 27.1 Å². The lowest BCUT2D eigenvalue weighted by Crippen LogP contribution is -2.25. The number of ether oxygens (including phenoxy) is 2. The predicted molar refractivity (Wildman–Crippen MR) is 115 cm³/mol. The molecule has 4 aromatic rings. The molecule has 0 saturated carbocycles. The van der Waals surface area contributed by atoms with E-state index in [1.165, 1.54) is 16.4 Å². The molecule has 0 fully saturated rings. The molecule has 9 nitrogen and oxygen atoms in total. The monoisotopic (exact) mass is 434 g/mol. The SMILES string of the molecule is C=CCn1c(SCn2nnc3ccccc3c2=O)nnc1[C@@H]1COc2ccccc2O1. The Morgan fingerprint density at radius 2 is 1.90 bits per heavy atom. The van der Waals surface area contributed by atoms with Crippen LogP contribution in [0.15, 0.2) is 71.1 Å². The summed E-state index contributed by atoms with van der Waals surface area (Å²) in [5.74, 6) is 2.25. The number of para-hydroxylation sites is 2. The fourth-order valence-corrected chi connectivity index (χ4v) is 4.15. The van der Waals surface area contributed by atoms with Crippen LogP contribution in [0.5, 0.6) is 11.5 Å². The number of rotatable bonds is 6. The Morgan fingerprint density at radius 3 is 2.77 bits per heavy atom. The smallest absolute Gasteiger partial charge is 0.278 e. The summed E-state index contributed by atoms with van der Waals surface area (Å²) < 4.78 is 15.1. The molecule has 0 N–H and O–H groups in total. The zero-order chi connectivity index (χ0) is 21.2. The van der Waals surface area contributed by atoms with Gasteiger partial charge in [-0.2, -0.15) is 4.68 Å². The number of allylic oxidation sites excluding steroid dienone is 1. The van der Waals surface area contributed by atoms with Crippen molar-refractivity contribution < 1.29 is 9.47 Å². The average molecular weight is 434 g/mol. The number of hydrogen-bond acceptors (Lipinski definition) is 8. The normalized spacial score (nSPS) is 15.2. The molecule has 1 atom stereocenters. The molecule has 0 aliphatic carbocycles. The molecule has 1 aliphatic heterocycles. The van der Waals surface area contributed by atoms with Crippen LogP contribution in [0.2, 0.25) is 0 Å². The van der Waals surface area contributed by atoms with E-state index in [-0.39, 0.29) is 11.4 Å². The third-order valence-corrected chi connectivity index (χ3v) is 5.73. The summed E-state index contributed by atoms with van der Waals surface area (Å²) in [5, 5.41) is 17.9. The minimum Gasteiger partial charge on any atom is -0.485 e. The number of nitrogens with zero attached hydrogens (tertiary/aromatic N) is 6. The molecule has 0 bridgehead atoms. The largest absolute Gasteiger partial charge is 0.485 e. The molecule has 2 aromatic heterocycles. The summed E-state index contributed by atoms with van der Waals surface area (Å²) in [4.78, 5) is 12.7. The van der Waals surface area contributed by atoms with Crippen LogP contribution < -0.4 is 15.0 Å². The first kappa shape index (κ1) is 19.3. The predicted octanol–water partition coefficient (Wildman–Crippen LogP) is 2.83. The summed E-state index contributed by atoms with van der Waals surface area (Å²) in [6.45, 7) is 4.65. The summed E-state index contributed by atoms with van der Waals surface area (Å²) >= 11 is 1.34. The van der Waals surface area contributed by atoms with Crippen molar-refractivity contribution in [3.05, 3.63) is 77.4 Å². The van der Waals surface area contributed by atoms with Crippen LogP contribution in [0.3, 0.4) is 0 Å². The van der Waals surface area contributed by atoms with E-state index in [1.54, 1.807) is 24.3 Å². The maximum Gasteiger partial charge on any atom is 0.278 e. The van der Waals surface area contributed by atoms with Gasteiger partial charge in [0.1, 0.15) is 12.1 Å². The minimum atomic E-state index is -0.403. The van der Waals surface area contributed by atoms with E-state index in [9.17, 15) is 4.79 Å². The highest BCUT2D eigenvalue weighted by molar-refractivity contribution is 7.98. The number of thioether (sulfide) groups is 1. The molecule has 0 spiro atoms. The van der Waals surface area contributed by atoms with Gasteiger partial charge in [0.2, 0.25) is 0 Å². The van der Waals surface area contributed by atoms with E-state index in [4.69, 9.17) is 9.47 Å². The standard InChI is InChI=1S/C21H18N6O3S/c1-2-11-26-19(18-12-29-16-9-5-6-10-17(16)30-18)23-24-21(26)31-13-27-20(28)14-7-3-4-8-15(14)22-25-27/h2-10,18H,1,11-13H2/t18-/m0/s1. The maximum atomic E-state index is 12.7. The summed E-state index contributed by atoms with van der Waals surface area (Å²) in [5.41, 5.74) is 0.370. The fraction of sp³-hybridized carbons (Fsp3) is 0.190. The highest BCUT2D eigenvalue weighted by atomic mass is 32.2. The third-order valence-electron chi connectivity index (χ3n) is 4.80. The van der Waals surface area contributed by atoms with Gasteiger partial charge < -0.3 is 9.47 Å². The summed E-state index contributed by atoms with van der Waals surface area (Å²) in [7, 11) is 0. The van der Waals surface area contributed by atoms with Crippen molar-refractivity contribution in [1.82, 2.24) is 29.8 Å². The molecule has 2 aromatic carbocycles. The lowest BCUT2D eigenvalue weighted by atomic mass is 10.2. The molecule has 0 saturated heterocycles. The van der Waals surface area contributed by atoms with Crippen molar-refractivity contribution >= 4 is 22.7 Å². The van der Waals surface area contributed by atoms with Gasteiger partial charge >= 0.3 is 0 Å². The van der Waals surface area contributed by atoms with Gasteiger partial charge in [-0.05, 0) is 24.3 Å². The van der Waals surface area contributed by atoms with E-state index >= 15 is 0 Å². The van der Waals surface area contributed by atoms with Gasteiger partial charge in [-0.25, -0.2) is 0 Å². The van der Waals surface area contributed by atoms with Crippen LogP contribution in [-0.2, 0) is 12.4 Å². The Labute approximate surface area is 181 Å². The molecular weight excluding hydrogens is 416 g/mol. The fourth-order valence-electron chi connectivity index (χ4n) is 3.32. The van der Waals surface area contributed by atoms with E-state index in [1.807, 2.05) is 34.9 Å². The van der Waals surface area contributed by atoms with Crippen LogP contribution in [0.1, 0.15) is 11.9 Å². The van der Waals surface area contributed by atoms with Gasteiger partial charge in [-0.3, -0.25) is 9.36 Å². The highest BCUT2D eigenvalue weighted by Gasteiger charge is 2.28. The highest BCUT2D eigenvalue weighted by Crippen LogP contribution is 2.36. The molecule has 0 amide bonds. The van der Waals surface area contributed by atoms with Crippen molar-refractivity contribution in [2.45, 2.75) is 23.7 Å². The second-order valence-corrected chi connectivity index (χ2v) is 7.70. The lowest BCUT2D eigenvalue weighted by Gasteiger charge is -2.26. The van der Waals surface area contributed by atoms with Crippen molar-refractivity contribution in [2.75, 3.05) is 6.61 Å². The molecule has 0 radical (unpaired) electrons. The minimum absolute atomic E-state index is 0.200. The van der Waals surface area contributed by atoms with Crippen molar-refractivity contribution in [2.24, 2.45) is 0 Å². The van der Waals surface area contributed by atoms with Gasteiger partial charge in [-0.15, -0.1) is 21.9 Å². The molecule has 1 aliphatic rings. The second kappa shape index (κ2) is 8.23. The number of fused-ring (bicyclic) bond motifs is 2. The first-order chi connectivity index (χ1) is 15.2. The van der Waals surface area contributed by atoms with Gasteiger partial charge in [0.25, 0.3) is 5.56 Å². The first-order valence-electron chi connectivity index (χ1n) is 9.62. The zero-order valence-corrected chi connectivity index (χ0v) is 17.2. The molecule has 0 unspecified atom stereocenters. The maximum absolute atomic E-state index is 12.7. The second-order valence-electron chi connectivity index (χ2n) is 6.79. The number of benzene rings is 2. The Balaban J connectivity index is 1.40. The van der Waals surface area contributed by atoms with Gasteiger partial charge in [-0.1, -0.05) is 47.3 Å². The van der Waals surface area contributed by atoms with Crippen molar-refractivity contribution in [1.29, 1.82) is 0 Å². The first-order valence-corrected chi connectivity index (χ1v) is 10.6. The summed E-state index contributed by atoms with van der Waals surface area (Å²) in [6.07, 6.45) is 1.36. The van der Waals surface area contributed by atoms with Crippen LogP contribution in [-0.4, -0.2) is 36.4 Å². The Kier molecular flexibility index (Phi) is 5.13. The quantitative estimate of drug-likeness (QED) is 0.338. The van der Waals surface area contributed by atoms with E-state index < -0.39 is 6.10 Å². The van der Waals surface area contributed by atoms with Crippen LogP contribution in [0.25, 0.3) is 10.9 Å². The number of hydrogen-bond donors (Lipinski definition) is 0. The molecular formula is C21H18N6O3S. The molecule has 10 heteroatoms. The van der Waals surface area contributed by atoms with Crippen LogP contribution in [0, 0.1) is 0 Å². The van der Waals surface area contributed by atoms with Crippen molar-refractivity contribution in [3.63, 3.8) is 0 Å². The Morgan fingerprint density at radius 1 is 1.10 bits per heavy atom. The zero-order valence-electron chi connectivity index (χ0n) is 16.4. The van der Waals surface area contributed by atoms with Gasteiger partial charge in [0, 0.05) is 6.54 Å². The molecule has 31 heavy (non-hydrogen) atoms. The number of aromatic nitrogens is 6. The molecule has 156 valence electrons. The summed E-state index contributed by atoms with van der Waals surface area (Å²) in [6, 6.07) is 14.6. The molecule has 5 rings (SSSR count).